The summed E-state index contributed by atoms with van der Waals surface area (Å²) in [5.74, 6) is -2.34. The van der Waals surface area contributed by atoms with Crippen molar-refractivity contribution in [3.05, 3.63) is 23.0 Å². The third kappa shape index (κ3) is 1.74. The number of halogens is 2. The van der Waals surface area contributed by atoms with Crippen molar-refractivity contribution in [3.63, 3.8) is 0 Å². The van der Waals surface area contributed by atoms with Crippen LogP contribution in [0.4, 0.5) is 8.78 Å². The minimum Gasteiger partial charge on any atom is -0.512 e. The van der Waals surface area contributed by atoms with Crippen LogP contribution in [0.25, 0.3) is 0 Å². The first-order chi connectivity index (χ1) is 5.95. The summed E-state index contributed by atoms with van der Waals surface area (Å²) < 4.78 is 26.4. The zero-order valence-corrected chi connectivity index (χ0v) is 8.06. The van der Waals surface area contributed by atoms with E-state index in [0.717, 1.165) is 0 Å². The van der Waals surface area contributed by atoms with E-state index in [0.29, 0.717) is 0 Å². The molecular formula is C10H14F2O. The van der Waals surface area contributed by atoms with Crippen LogP contribution >= 0.6 is 0 Å². The van der Waals surface area contributed by atoms with Crippen LogP contribution in [0, 0.1) is 11.8 Å². The van der Waals surface area contributed by atoms with Gasteiger partial charge >= 0.3 is 0 Å². The highest BCUT2D eigenvalue weighted by Crippen LogP contribution is 2.37. The van der Waals surface area contributed by atoms with Crippen LogP contribution in [0.15, 0.2) is 23.0 Å². The highest BCUT2D eigenvalue weighted by atomic mass is 19.2. The lowest BCUT2D eigenvalue weighted by Gasteiger charge is -2.21. The Bertz CT molecular complexity index is 277. The molecule has 0 aromatic rings. The van der Waals surface area contributed by atoms with Gasteiger partial charge in [-0.3, -0.25) is 0 Å². The number of allylic oxidation sites excluding steroid dienone is 4. The molecule has 0 aromatic carbocycles. The topological polar surface area (TPSA) is 20.2 Å². The van der Waals surface area contributed by atoms with Crippen LogP contribution in [0.1, 0.15) is 27.2 Å². The van der Waals surface area contributed by atoms with E-state index in [9.17, 15) is 13.9 Å². The van der Waals surface area contributed by atoms with Gasteiger partial charge < -0.3 is 5.11 Å². The normalized spacial score (nSPS) is 24.6. The monoisotopic (exact) mass is 188 g/mol. The van der Waals surface area contributed by atoms with Crippen LogP contribution in [0.2, 0.25) is 0 Å². The van der Waals surface area contributed by atoms with E-state index < -0.39 is 17.6 Å². The number of aliphatic hydroxyl groups is 1. The molecule has 0 saturated carbocycles. The van der Waals surface area contributed by atoms with Crippen molar-refractivity contribution in [2.45, 2.75) is 27.2 Å². The lowest BCUT2D eigenvalue weighted by molar-refractivity contribution is 0.314. The second-order valence-corrected chi connectivity index (χ2v) is 3.78. The molecule has 3 heteroatoms. The molecule has 13 heavy (non-hydrogen) atoms. The van der Waals surface area contributed by atoms with Crippen molar-refractivity contribution < 1.29 is 13.9 Å². The van der Waals surface area contributed by atoms with Gasteiger partial charge in [-0.05, 0) is 5.92 Å². The van der Waals surface area contributed by atoms with Gasteiger partial charge in [0.1, 0.15) is 5.83 Å². The highest BCUT2D eigenvalue weighted by molar-refractivity contribution is 5.36. The zero-order valence-electron chi connectivity index (χ0n) is 8.06. The molecule has 0 fully saturated rings. The Morgan fingerprint density at radius 2 is 1.92 bits per heavy atom. The molecule has 0 aliphatic heterocycles. The van der Waals surface area contributed by atoms with E-state index >= 15 is 0 Å². The SMILES string of the molecule is CC(C)C1=C(O)CC(C)C(F)=C1F. The first kappa shape index (κ1) is 10.2. The van der Waals surface area contributed by atoms with Crippen molar-refractivity contribution in [2.24, 2.45) is 11.8 Å². The second-order valence-electron chi connectivity index (χ2n) is 3.78. The van der Waals surface area contributed by atoms with E-state index in [1.807, 2.05) is 0 Å². The van der Waals surface area contributed by atoms with Gasteiger partial charge in [0.15, 0.2) is 5.83 Å². The van der Waals surface area contributed by atoms with E-state index in [1.165, 1.54) is 0 Å². The minimum absolute atomic E-state index is 0.0126. The van der Waals surface area contributed by atoms with Gasteiger partial charge in [0.25, 0.3) is 0 Å². The van der Waals surface area contributed by atoms with Gasteiger partial charge in [0, 0.05) is 17.9 Å². The first-order valence-corrected chi connectivity index (χ1v) is 4.42. The Kier molecular flexibility index (Phi) is 2.74. The maximum Gasteiger partial charge on any atom is 0.161 e. The minimum atomic E-state index is -0.869. The summed E-state index contributed by atoms with van der Waals surface area (Å²) >= 11 is 0. The standard InChI is InChI=1S/C10H14F2O/c1-5(2)8-7(13)4-6(3)9(11)10(8)12/h5-6,13H,4H2,1-3H3. The Hall–Kier alpha value is -0.860. The average molecular weight is 188 g/mol. The summed E-state index contributed by atoms with van der Waals surface area (Å²) in [7, 11) is 0. The molecule has 1 nitrogen and oxygen atoms in total. The molecule has 0 aromatic heterocycles. The average Bonchev–Trinajstić information content (AvgIpc) is 1.99. The Morgan fingerprint density at radius 3 is 2.38 bits per heavy atom. The predicted molar refractivity (Wildman–Crippen MR) is 47.5 cm³/mol. The molecule has 0 saturated heterocycles. The third-order valence-electron chi connectivity index (χ3n) is 2.27. The molecule has 0 spiro atoms. The fourth-order valence-corrected chi connectivity index (χ4v) is 1.55. The molecule has 0 radical (unpaired) electrons. The maximum atomic E-state index is 13.3. The van der Waals surface area contributed by atoms with Crippen molar-refractivity contribution in [3.8, 4) is 0 Å². The fraction of sp³-hybridized carbons (Fsp3) is 0.600. The van der Waals surface area contributed by atoms with Gasteiger partial charge in [0.2, 0.25) is 0 Å². The van der Waals surface area contributed by atoms with Crippen LogP contribution in [-0.4, -0.2) is 5.11 Å². The molecule has 0 heterocycles. The van der Waals surface area contributed by atoms with E-state index in [2.05, 4.69) is 0 Å². The van der Waals surface area contributed by atoms with Gasteiger partial charge in [-0.15, -0.1) is 0 Å². The number of hydrogen-bond donors (Lipinski definition) is 1. The van der Waals surface area contributed by atoms with Gasteiger partial charge in [0.05, 0.1) is 5.76 Å². The molecule has 1 aliphatic rings. The lowest BCUT2D eigenvalue weighted by Crippen LogP contribution is -2.12. The number of aliphatic hydroxyl groups excluding tert-OH is 1. The Labute approximate surface area is 76.8 Å². The second kappa shape index (κ2) is 3.48. The molecule has 1 atom stereocenters. The van der Waals surface area contributed by atoms with Gasteiger partial charge in [-0.25, -0.2) is 8.78 Å². The van der Waals surface area contributed by atoms with E-state index in [-0.39, 0.29) is 23.7 Å². The fourth-order valence-electron chi connectivity index (χ4n) is 1.55. The van der Waals surface area contributed by atoms with Crippen molar-refractivity contribution in [1.82, 2.24) is 0 Å². The Morgan fingerprint density at radius 1 is 1.38 bits per heavy atom. The highest BCUT2D eigenvalue weighted by Gasteiger charge is 2.28. The van der Waals surface area contributed by atoms with Crippen LogP contribution in [-0.2, 0) is 0 Å². The molecule has 1 rings (SSSR count). The molecule has 1 unspecified atom stereocenters. The van der Waals surface area contributed by atoms with Gasteiger partial charge in [-0.1, -0.05) is 20.8 Å². The maximum absolute atomic E-state index is 13.3. The number of rotatable bonds is 1. The lowest BCUT2D eigenvalue weighted by atomic mass is 9.89. The molecule has 0 amide bonds. The molecule has 0 bridgehead atoms. The van der Waals surface area contributed by atoms with Crippen molar-refractivity contribution >= 4 is 0 Å². The van der Waals surface area contributed by atoms with Crippen molar-refractivity contribution in [2.75, 3.05) is 0 Å². The molecule has 1 aliphatic carbocycles. The van der Waals surface area contributed by atoms with Crippen molar-refractivity contribution in [1.29, 1.82) is 0 Å². The summed E-state index contributed by atoms with van der Waals surface area (Å²) in [6.45, 7) is 5.02. The summed E-state index contributed by atoms with van der Waals surface area (Å²) in [4.78, 5) is 0. The number of hydrogen-bond acceptors (Lipinski definition) is 1. The quantitative estimate of drug-likeness (QED) is 0.666. The summed E-state index contributed by atoms with van der Waals surface area (Å²) in [6, 6.07) is 0. The summed E-state index contributed by atoms with van der Waals surface area (Å²) in [5, 5.41) is 9.44. The van der Waals surface area contributed by atoms with Crippen LogP contribution in [0.3, 0.4) is 0 Å². The summed E-state index contributed by atoms with van der Waals surface area (Å²) in [5.41, 5.74) is 0.121. The third-order valence-corrected chi connectivity index (χ3v) is 2.27. The first-order valence-electron chi connectivity index (χ1n) is 4.42. The van der Waals surface area contributed by atoms with Crippen LogP contribution in [0.5, 0.6) is 0 Å². The zero-order chi connectivity index (χ0) is 10.2. The largest absolute Gasteiger partial charge is 0.512 e. The van der Waals surface area contributed by atoms with E-state index in [4.69, 9.17) is 0 Å². The molecular weight excluding hydrogens is 174 g/mol. The Balaban J connectivity index is 3.13. The van der Waals surface area contributed by atoms with E-state index in [1.54, 1.807) is 20.8 Å². The predicted octanol–water partition coefficient (Wildman–Crippen LogP) is 3.64. The van der Waals surface area contributed by atoms with Gasteiger partial charge in [-0.2, -0.15) is 0 Å². The van der Waals surface area contributed by atoms with Crippen LogP contribution < -0.4 is 0 Å². The molecule has 74 valence electrons. The smallest absolute Gasteiger partial charge is 0.161 e. The summed E-state index contributed by atoms with van der Waals surface area (Å²) in [6.07, 6.45) is 0.201. The molecule has 1 N–H and O–H groups in total.